The Balaban J connectivity index is 1.89. The molecule has 0 aliphatic heterocycles. The monoisotopic (exact) mass is 172 g/mol. The van der Waals surface area contributed by atoms with Gasteiger partial charge in [-0.25, -0.2) is 0 Å². The molecule has 2 saturated carbocycles. The van der Waals surface area contributed by atoms with Crippen molar-refractivity contribution in [2.75, 3.05) is 5.88 Å². The summed E-state index contributed by atoms with van der Waals surface area (Å²) >= 11 is 5.50. The standard InChI is InChI=1S/C9H13ClO/c10-5-9(11)7-2-1-6-3-8(6)4-7/h6-8H,1-5H2. The summed E-state index contributed by atoms with van der Waals surface area (Å²) in [4.78, 5) is 11.2. The molecule has 3 atom stereocenters. The molecule has 2 aliphatic carbocycles. The zero-order valence-electron chi connectivity index (χ0n) is 6.55. The van der Waals surface area contributed by atoms with Crippen LogP contribution in [0.3, 0.4) is 0 Å². The molecule has 0 aromatic carbocycles. The lowest BCUT2D eigenvalue weighted by Crippen LogP contribution is -2.19. The third kappa shape index (κ3) is 1.44. The van der Waals surface area contributed by atoms with E-state index in [1.54, 1.807) is 0 Å². The van der Waals surface area contributed by atoms with Crippen molar-refractivity contribution in [2.45, 2.75) is 25.7 Å². The summed E-state index contributed by atoms with van der Waals surface area (Å²) in [5, 5.41) is 0. The van der Waals surface area contributed by atoms with Gasteiger partial charge in [0.1, 0.15) is 0 Å². The molecule has 11 heavy (non-hydrogen) atoms. The molecule has 0 aromatic rings. The van der Waals surface area contributed by atoms with E-state index in [1.807, 2.05) is 0 Å². The van der Waals surface area contributed by atoms with E-state index < -0.39 is 0 Å². The Bertz CT molecular complexity index is 178. The van der Waals surface area contributed by atoms with Gasteiger partial charge in [-0.05, 0) is 37.5 Å². The molecule has 62 valence electrons. The number of fused-ring (bicyclic) bond motifs is 1. The molecular weight excluding hydrogens is 160 g/mol. The maximum atomic E-state index is 11.2. The highest BCUT2D eigenvalue weighted by atomic mass is 35.5. The molecule has 1 nitrogen and oxygen atoms in total. The van der Waals surface area contributed by atoms with E-state index in [0.29, 0.717) is 5.92 Å². The van der Waals surface area contributed by atoms with Crippen LogP contribution >= 0.6 is 11.6 Å². The van der Waals surface area contributed by atoms with Crippen LogP contribution in [-0.4, -0.2) is 11.7 Å². The van der Waals surface area contributed by atoms with E-state index >= 15 is 0 Å². The number of hydrogen-bond acceptors (Lipinski definition) is 1. The highest BCUT2D eigenvalue weighted by Gasteiger charge is 2.43. The molecule has 0 heterocycles. The lowest BCUT2D eigenvalue weighted by molar-refractivity contribution is -0.121. The number of Topliss-reactive ketones (excluding diaryl/α,β-unsaturated/α-hetero) is 1. The second kappa shape index (κ2) is 2.78. The lowest BCUT2D eigenvalue weighted by atomic mass is 9.87. The molecule has 0 spiro atoms. The van der Waals surface area contributed by atoms with Crippen LogP contribution in [0.1, 0.15) is 25.7 Å². The van der Waals surface area contributed by atoms with Gasteiger partial charge in [0, 0.05) is 5.92 Å². The molecule has 2 aliphatic rings. The summed E-state index contributed by atoms with van der Waals surface area (Å²) < 4.78 is 0. The van der Waals surface area contributed by atoms with E-state index in [4.69, 9.17) is 11.6 Å². The van der Waals surface area contributed by atoms with Crippen LogP contribution in [-0.2, 0) is 4.79 Å². The number of rotatable bonds is 2. The highest BCUT2D eigenvalue weighted by Crippen LogP contribution is 2.51. The van der Waals surface area contributed by atoms with E-state index in [1.165, 1.54) is 12.8 Å². The smallest absolute Gasteiger partial charge is 0.150 e. The van der Waals surface area contributed by atoms with E-state index in [-0.39, 0.29) is 11.7 Å². The maximum absolute atomic E-state index is 11.2. The quantitative estimate of drug-likeness (QED) is 0.584. The van der Waals surface area contributed by atoms with Crippen molar-refractivity contribution in [1.82, 2.24) is 0 Å². The average Bonchev–Trinajstić information content (AvgIpc) is 2.80. The van der Waals surface area contributed by atoms with Crippen LogP contribution < -0.4 is 0 Å². The fraction of sp³-hybridized carbons (Fsp3) is 0.889. The van der Waals surface area contributed by atoms with Gasteiger partial charge in [0.15, 0.2) is 5.78 Å². The van der Waals surface area contributed by atoms with Crippen molar-refractivity contribution in [3.63, 3.8) is 0 Å². The van der Waals surface area contributed by atoms with Gasteiger partial charge in [-0.3, -0.25) is 4.79 Å². The average molecular weight is 173 g/mol. The third-order valence-electron chi connectivity index (χ3n) is 3.13. The Morgan fingerprint density at radius 3 is 2.73 bits per heavy atom. The fourth-order valence-electron chi connectivity index (χ4n) is 2.25. The number of ketones is 1. The van der Waals surface area contributed by atoms with Crippen LogP contribution in [0, 0.1) is 17.8 Å². The Labute approximate surface area is 72.1 Å². The topological polar surface area (TPSA) is 17.1 Å². The minimum Gasteiger partial charge on any atom is -0.298 e. The van der Waals surface area contributed by atoms with E-state index in [9.17, 15) is 4.79 Å². The first-order valence-electron chi connectivity index (χ1n) is 4.40. The fourth-order valence-corrected chi connectivity index (χ4v) is 2.47. The van der Waals surface area contributed by atoms with Gasteiger partial charge >= 0.3 is 0 Å². The van der Waals surface area contributed by atoms with E-state index in [2.05, 4.69) is 0 Å². The molecule has 2 fully saturated rings. The molecule has 0 aromatic heterocycles. The Morgan fingerprint density at radius 2 is 2.09 bits per heavy atom. The number of alkyl halides is 1. The minimum atomic E-state index is 0.224. The Hall–Kier alpha value is -0.0400. The van der Waals surface area contributed by atoms with Crippen LogP contribution in [0.2, 0.25) is 0 Å². The van der Waals surface area contributed by atoms with Crippen molar-refractivity contribution < 1.29 is 4.79 Å². The normalized spacial score (nSPS) is 41.4. The SMILES string of the molecule is O=C(CCl)C1CCC2CC2C1. The first-order valence-corrected chi connectivity index (χ1v) is 4.93. The van der Waals surface area contributed by atoms with Gasteiger partial charge in [0.2, 0.25) is 0 Å². The lowest BCUT2D eigenvalue weighted by Gasteiger charge is -2.18. The highest BCUT2D eigenvalue weighted by molar-refractivity contribution is 6.27. The number of halogens is 1. The van der Waals surface area contributed by atoms with Crippen molar-refractivity contribution in [2.24, 2.45) is 17.8 Å². The van der Waals surface area contributed by atoms with Gasteiger partial charge < -0.3 is 0 Å². The van der Waals surface area contributed by atoms with Crippen LogP contribution in [0.15, 0.2) is 0 Å². The van der Waals surface area contributed by atoms with Gasteiger partial charge in [-0.15, -0.1) is 11.6 Å². The summed E-state index contributed by atoms with van der Waals surface area (Å²) in [5.74, 6) is 2.69. The molecule has 0 bridgehead atoms. The molecule has 0 saturated heterocycles. The van der Waals surface area contributed by atoms with Crippen LogP contribution in [0.25, 0.3) is 0 Å². The van der Waals surface area contributed by atoms with Crippen molar-refractivity contribution in [1.29, 1.82) is 0 Å². The van der Waals surface area contributed by atoms with Crippen molar-refractivity contribution in [3.05, 3.63) is 0 Å². The van der Waals surface area contributed by atoms with Gasteiger partial charge in [-0.1, -0.05) is 0 Å². The zero-order chi connectivity index (χ0) is 7.84. The first kappa shape index (κ1) is 7.60. The predicted octanol–water partition coefficient (Wildman–Crippen LogP) is 2.23. The summed E-state index contributed by atoms with van der Waals surface area (Å²) in [7, 11) is 0. The molecule has 2 rings (SSSR count). The largest absolute Gasteiger partial charge is 0.298 e. The second-order valence-corrected chi connectivity index (χ2v) is 4.13. The first-order chi connectivity index (χ1) is 5.31. The summed E-state index contributed by atoms with van der Waals surface area (Å²) in [6.45, 7) is 0. The molecule has 0 radical (unpaired) electrons. The van der Waals surface area contributed by atoms with Crippen LogP contribution in [0.5, 0.6) is 0 Å². The van der Waals surface area contributed by atoms with Gasteiger partial charge in [0.25, 0.3) is 0 Å². The Kier molecular flexibility index (Phi) is 1.92. The molecule has 3 unspecified atom stereocenters. The minimum absolute atomic E-state index is 0.224. The summed E-state index contributed by atoms with van der Waals surface area (Å²) in [6.07, 6.45) is 4.90. The van der Waals surface area contributed by atoms with Crippen molar-refractivity contribution >= 4 is 17.4 Å². The summed E-state index contributed by atoms with van der Waals surface area (Å²) in [6, 6.07) is 0. The predicted molar refractivity (Wildman–Crippen MR) is 44.7 cm³/mol. The number of hydrogen-bond donors (Lipinski definition) is 0. The van der Waals surface area contributed by atoms with Crippen molar-refractivity contribution in [3.8, 4) is 0 Å². The van der Waals surface area contributed by atoms with Gasteiger partial charge in [-0.2, -0.15) is 0 Å². The summed E-state index contributed by atoms with van der Waals surface area (Å²) in [5.41, 5.74) is 0. The molecule has 0 amide bonds. The third-order valence-corrected chi connectivity index (χ3v) is 3.39. The number of carbonyl (C=O) groups excluding carboxylic acids is 1. The second-order valence-electron chi connectivity index (χ2n) is 3.87. The number of carbonyl (C=O) groups is 1. The van der Waals surface area contributed by atoms with Gasteiger partial charge in [0.05, 0.1) is 5.88 Å². The zero-order valence-corrected chi connectivity index (χ0v) is 7.31. The molecule has 2 heteroatoms. The van der Waals surface area contributed by atoms with Crippen LogP contribution in [0.4, 0.5) is 0 Å². The maximum Gasteiger partial charge on any atom is 0.150 e. The van der Waals surface area contributed by atoms with E-state index in [0.717, 1.165) is 24.7 Å². The molecular formula is C9H13ClO. The molecule has 0 N–H and O–H groups in total. The Morgan fingerprint density at radius 1 is 1.27 bits per heavy atom.